The Hall–Kier alpha value is -9.10. The van der Waals surface area contributed by atoms with Gasteiger partial charge in [-0.05, 0) is 184 Å². The molecular formula is C81H95N7O19S4. The van der Waals surface area contributed by atoms with Crippen LogP contribution in [0.15, 0.2) is 82.4 Å². The van der Waals surface area contributed by atoms with Crippen molar-refractivity contribution in [3.63, 3.8) is 0 Å². The third-order valence-electron chi connectivity index (χ3n) is 19.6. The molecule has 111 heavy (non-hydrogen) atoms. The molecule has 9 heterocycles. The van der Waals surface area contributed by atoms with E-state index in [9.17, 15) is 47.9 Å². The molecule has 30 heteroatoms. The highest BCUT2D eigenvalue weighted by molar-refractivity contribution is 8.77. The second-order valence-corrected chi connectivity index (χ2v) is 35.0. The van der Waals surface area contributed by atoms with Crippen LogP contribution in [-0.2, 0) is 108 Å². The average Bonchev–Trinajstić information content (AvgIpc) is 1.11. The monoisotopic (exact) mass is 1600 g/mol. The van der Waals surface area contributed by atoms with Crippen LogP contribution in [0.25, 0.3) is 44.6 Å². The molecule has 1 fully saturated rings. The van der Waals surface area contributed by atoms with Crippen LogP contribution in [0.2, 0.25) is 0 Å². The van der Waals surface area contributed by atoms with Gasteiger partial charge in [0.05, 0.1) is 58.0 Å². The molecule has 4 aromatic heterocycles. The van der Waals surface area contributed by atoms with Crippen LogP contribution < -0.4 is 30.8 Å². The third kappa shape index (κ3) is 19.2. The van der Waals surface area contributed by atoms with Crippen molar-refractivity contribution in [2.75, 3.05) is 66.5 Å². The first-order valence-electron chi connectivity index (χ1n) is 37.6. The summed E-state index contributed by atoms with van der Waals surface area (Å²) in [4.78, 5) is 144. The number of piperazine rings is 1. The quantitative estimate of drug-likeness (QED) is 0.0151. The van der Waals surface area contributed by atoms with Gasteiger partial charge >= 0.3 is 42.2 Å². The van der Waals surface area contributed by atoms with Crippen LogP contribution in [-0.4, -0.2) is 145 Å². The summed E-state index contributed by atoms with van der Waals surface area (Å²) in [5.41, 5.74) is 4.56. The van der Waals surface area contributed by atoms with Crippen molar-refractivity contribution in [1.29, 1.82) is 0 Å². The van der Waals surface area contributed by atoms with Gasteiger partial charge in [0.2, 0.25) is 17.1 Å². The summed E-state index contributed by atoms with van der Waals surface area (Å²) in [6.07, 6.45) is 2.71. The predicted octanol–water partition coefficient (Wildman–Crippen LogP) is 14.4. The van der Waals surface area contributed by atoms with Crippen molar-refractivity contribution in [2.45, 2.75) is 195 Å². The fraction of sp³-hybridized carbons (Fsp3) is 0.481. The Bertz CT molecular complexity index is 4870. The minimum Gasteiger partial charge on any atom is -0.481 e. The average molecular weight is 1600 g/mol. The maximum atomic E-state index is 14.2. The van der Waals surface area contributed by atoms with E-state index in [0.29, 0.717) is 112 Å². The lowest BCUT2D eigenvalue weighted by molar-refractivity contribution is -0.189. The van der Waals surface area contributed by atoms with E-state index in [1.54, 1.807) is 156 Å². The Labute approximate surface area is 659 Å². The molecule has 0 saturated carbocycles. The molecule has 5 aliphatic rings. The second kappa shape index (κ2) is 35.7. The summed E-state index contributed by atoms with van der Waals surface area (Å²) >= 11 is 0. The minimum atomic E-state index is -1.78. The number of pyridine rings is 4. The van der Waals surface area contributed by atoms with E-state index in [0.717, 1.165) is 77.1 Å². The number of carbonyl (C=O) groups is 8. The minimum absolute atomic E-state index is 0.0203. The van der Waals surface area contributed by atoms with Crippen molar-refractivity contribution in [1.82, 2.24) is 24.0 Å². The highest BCUT2D eigenvalue weighted by atomic mass is 33.1. The molecule has 7 aromatic rings. The number of carbonyl (C=O) groups excluding carboxylic acids is 7. The number of hydrogen-bond acceptors (Lipinski definition) is 26. The molecule has 5 aliphatic heterocycles. The number of carboxylic acids is 1. The Morgan fingerprint density at radius 3 is 1.35 bits per heavy atom. The Morgan fingerprint density at radius 1 is 0.541 bits per heavy atom. The van der Waals surface area contributed by atoms with Crippen molar-refractivity contribution in [2.24, 2.45) is 0 Å². The summed E-state index contributed by atoms with van der Waals surface area (Å²) in [7, 11) is 8.51. The fourth-order valence-corrected chi connectivity index (χ4v) is 18.5. The number of rotatable bonds is 28. The number of fused-ring (bicyclic) bond motifs is 10. The maximum absolute atomic E-state index is 14.2. The fourth-order valence-electron chi connectivity index (χ4n) is 14.2. The molecule has 0 aliphatic carbocycles. The molecule has 0 unspecified atom stereocenters. The van der Waals surface area contributed by atoms with Crippen LogP contribution in [0.5, 0.6) is 11.5 Å². The number of aromatic nitrogens is 4. The molecule has 2 atom stereocenters. The van der Waals surface area contributed by atoms with Gasteiger partial charge in [-0.15, -0.1) is 0 Å². The van der Waals surface area contributed by atoms with Crippen LogP contribution in [0.4, 0.5) is 21.0 Å². The lowest BCUT2D eigenvalue weighted by Gasteiger charge is -2.35. The first-order chi connectivity index (χ1) is 53.0. The van der Waals surface area contributed by atoms with E-state index in [1.165, 1.54) is 5.69 Å². The highest BCUT2D eigenvalue weighted by Crippen LogP contribution is 2.46. The zero-order chi connectivity index (χ0) is 79.7. The molecule has 1 saturated heterocycles. The van der Waals surface area contributed by atoms with Gasteiger partial charge in [0.25, 0.3) is 11.1 Å². The third-order valence-corrected chi connectivity index (χ3v) is 24.8. The number of likely N-dealkylation sites (N-methyl/N-ethyl adjacent to an activating group) is 1. The van der Waals surface area contributed by atoms with Gasteiger partial charge in [0.15, 0.2) is 0 Å². The van der Waals surface area contributed by atoms with Crippen molar-refractivity contribution < 1.29 is 81.4 Å². The van der Waals surface area contributed by atoms with Crippen LogP contribution in [0, 0.1) is 0 Å². The number of carboxylic acid groups (broad SMARTS) is 1. The number of anilines is 2. The number of hydrogen-bond donors (Lipinski definition) is 2. The number of aliphatic carboxylic acids is 1. The van der Waals surface area contributed by atoms with E-state index < -0.39 is 64.6 Å². The van der Waals surface area contributed by atoms with Crippen molar-refractivity contribution in [3.8, 4) is 34.3 Å². The first kappa shape index (κ1) is 82.9. The number of cyclic esters (lactones) is 2. The first-order valence-corrected chi connectivity index (χ1v) is 42.5. The topological polar surface area (TPSA) is 319 Å². The largest absolute Gasteiger partial charge is 0.514 e. The molecule has 0 bridgehead atoms. The number of aryl methyl sites for hydroxylation is 2. The standard InChI is InChI=1S/C46H55N5O9S2.C35H40N2O10S2/c1-7-32-33-25-31(58-44(56)60-45(3,4)5)17-18-37(33)48-41-34(32)27-51-38(41)26-36-35(42(51)54)28-57-43(55)46(36,8-2)59-40(53)12-10-24-62-61-23-9-11-39(52)47-29-13-15-30(16-14-29)50-21-19-49(6)20-22-50;1-6-21-22-16-20(45-33(43)47-34(3,4)5)12-13-26(22)36-30-23(21)18-37-27(30)17-25-24(31(37)41)19-44-32(42)35(25,7-2)46-29(40)11-9-15-49-48-14-8-10-28(38)39/h13-18,25-26H,7-12,19-24,27-28H2,1-6H3,(H,47,52);12-13,16-17H,6-11,14-15,18-19H2,1-5H3,(H,38,39)/t46-;35-/m00/s1. The van der Waals surface area contributed by atoms with Gasteiger partial charge in [-0.1, -0.05) is 70.9 Å². The number of nitrogens with one attached hydrogen (secondary N) is 1. The van der Waals surface area contributed by atoms with Crippen molar-refractivity contribution in [3.05, 3.63) is 138 Å². The van der Waals surface area contributed by atoms with E-state index in [4.69, 9.17) is 53.0 Å². The molecule has 12 rings (SSSR count). The SMILES string of the molecule is CCc1c2c(nc3ccc(OC(=O)OC(C)(C)C)cc13)-c1cc3c(c(=O)n1C2)COC(=O)[C@@]3(CC)OC(=O)CCCSSCCCC(=O)Nc1ccc(N2CCN(C)CC2)cc1.CCc1c2c(nc3ccc(OC(=O)OC(C)(C)C)cc13)-c1cc3c(c(=O)n1C2)COC(=O)[C@@]3(CC)OC(=O)CCCSSCCCC(=O)O. The summed E-state index contributed by atoms with van der Waals surface area (Å²) in [6, 6.07) is 21.8. The molecule has 592 valence electrons. The van der Waals surface area contributed by atoms with Gasteiger partial charge in [0, 0.05) is 119 Å². The van der Waals surface area contributed by atoms with E-state index in [-0.39, 0.29) is 86.6 Å². The number of benzene rings is 3. The molecule has 3 aromatic carbocycles. The van der Waals surface area contributed by atoms with Crippen LogP contribution in [0.3, 0.4) is 0 Å². The zero-order valence-corrected chi connectivity index (χ0v) is 67.8. The van der Waals surface area contributed by atoms with Gasteiger partial charge < -0.3 is 67.3 Å². The number of esters is 4. The lowest BCUT2D eigenvalue weighted by Crippen LogP contribution is -2.47. The van der Waals surface area contributed by atoms with Gasteiger partial charge in [0.1, 0.15) is 35.9 Å². The van der Waals surface area contributed by atoms with E-state index >= 15 is 0 Å². The number of amides is 1. The Kier molecular flexibility index (Phi) is 26.7. The smallest absolute Gasteiger partial charge is 0.481 e. The number of nitrogens with zero attached hydrogens (tertiary/aromatic N) is 6. The maximum Gasteiger partial charge on any atom is 0.514 e. The number of ether oxygens (including phenoxy) is 8. The predicted molar refractivity (Wildman–Crippen MR) is 428 cm³/mol. The second-order valence-electron chi connectivity index (χ2n) is 29.6. The van der Waals surface area contributed by atoms with E-state index in [1.807, 2.05) is 26.0 Å². The summed E-state index contributed by atoms with van der Waals surface area (Å²) < 4.78 is 47.7. The highest BCUT2D eigenvalue weighted by Gasteiger charge is 2.52. The van der Waals surface area contributed by atoms with E-state index in [2.05, 4.69) is 34.3 Å². The summed E-state index contributed by atoms with van der Waals surface area (Å²) in [5.74, 6) is -0.00265. The van der Waals surface area contributed by atoms with Gasteiger partial charge in [-0.3, -0.25) is 28.8 Å². The zero-order valence-electron chi connectivity index (χ0n) is 64.5. The molecule has 1 amide bonds. The van der Waals surface area contributed by atoms with Crippen molar-refractivity contribution >= 4 is 124 Å². The molecule has 0 spiro atoms. The summed E-state index contributed by atoms with van der Waals surface area (Å²) in [6.45, 7) is 22.1. The Balaban J connectivity index is 0.000000226. The molecule has 26 nitrogen and oxygen atoms in total. The summed E-state index contributed by atoms with van der Waals surface area (Å²) in [5, 5.41) is 13.3. The van der Waals surface area contributed by atoms with Crippen LogP contribution >= 0.6 is 43.2 Å². The Morgan fingerprint density at radius 2 is 0.955 bits per heavy atom. The van der Waals surface area contributed by atoms with Crippen LogP contribution in [0.1, 0.15) is 178 Å². The molecule has 2 N–H and O–H groups in total. The lowest BCUT2D eigenvalue weighted by atomic mass is 9.85. The molecular weight excluding hydrogens is 1500 g/mol. The van der Waals surface area contributed by atoms with Gasteiger partial charge in [-0.2, -0.15) is 0 Å². The normalized spacial score (nSPS) is 16.8. The molecule has 0 radical (unpaired) electrons. The van der Waals surface area contributed by atoms with Gasteiger partial charge in [-0.25, -0.2) is 29.1 Å².